The number of esters is 1. The molecule has 5 nitrogen and oxygen atoms in total. The van der Waals surface area contributed by atoms with Crippen LogP contribution in [0.2, 0.25) is 0 Å². The number of hydrogen-bond donors (Lipinski definition) is 1. The van der Waals surface area contributed by atoms with Crippen LogP contribution in [0.4, 0.5) is 0 Å². The van der Waals surface area contributed by atoms with Gasteiger partial charge in [-0.2, -0.15) is 0 Å². The van der Waals surface area contributed by atoms with Gasteiger partial charge in [-0.3, -0.25) is 15.0 Å². The zero-order valence-electron chi connectivity index (χ0n) is 13.3. The summed E-state index contributed by atoms with van der Waals surface area (Å²) in [5.41, 5.74) is -0.441. The molecular weight excluding hydrogens is 268 g/mol. The van der Waals surface area contributed by atoms with E-state index >= 15 is 0 Å². The van der Waals surface area contributed by atoms with Gasteiger partial charge in [0.2, 0.25) is 0 Å². The number of nitrogens with one attached hydrogen (secondary N) is 1. The third kappa shape index (κ3) is 3.41. The first-order chi connectivity index (χ1) is 10.1. The van der Waals surface area contributed by atoms with E-state index < -0.39 is 5.54 Å². The maximum absolute atomic E-state index is 12.5. The standard InChI is InChI=1S/C16H28N2O3/c1-3-20-15(19)16(17-13-4-5-13)7-6-14(10-16)18-8-9-21-12(2)11-18/h12-14,17H,3-11H2,1-2H3. The molecule has 0 radical (unpaired) electrons. The van der Waals surface area contributed by atoms with Crippen LogP contribution in [0.25, 0.3) is 0 Å². The molecule has 1 saturated heterocycles. The van der Waals surface area contributed by atoms with Crippen LogP contribution in [0, 0.1) is 0 Å². The Morgan fingerprint density at radius 1 is 1.43 bits per heavy atom. The number of carbonyl (C=O) groups excluding carboxylic acids is 1. The third-order valence-corrected chi connectivity index (χ3v) is 5.00. The van der Waals surface area contributed by atoms with Gasteiger partial charge in [0.1, 0.15) is 5.54 Å². The van der Waals surface area contributed by atoms with Gasteiger partial charge in [0, 0.05) is 25.2 Å². The van der Waals surface area contributed by atoms with Gasteiger partial charge in [-0.05, 0) is 46.0 Å². The lowest BCUT2D eigenvalue weighted by Gasteiger charge is -2.36. The van der Waals surface area contributed by atoms with E-state index in [-0.39, 0.29) is 5.97 Å². The van der Waals surface area contributed by atoms with Crippen molar-refractivity contribution in [1.82, 2.24) is 10.2 Å². The van der Waals surface area contributed by atoms with Crippen molar-refractivity contribution in [3.05, 3.63) is 0 Å². The zero-order valence-corrected chi connectivity index (χ0v) is 13.3. The van der Waals surface area contributed by atoms with Crippen LogP contribution in [-0.2, 0) is 14.3 Å². The fourth-order valence-electron chi connectivity index (χ4n) is 3.77. The molecule has 0 aromatic rings. The summed E-state index contributed by atoms with van der Waals surface area (Å²) < 4.78 is 11.0. The van der Waals surface area contributed by atoms with Crippen molar-refractivity contribution in [3.63, 3.8) is 0 Å². The summed E-state index contributed by atoms with van der Waals surface area (Å²) in [4.78, 5) is 15.0. The van der Waals surface area contributed by atoms with Gasteiger partial charge in [0.05, 0.1) is 19.3 Å². The van der Waals surface area contributed by atoms with E-state index in [9.17, 15) is 4.79 Å². The molecule has 2 aliphatic carbocycles. The van der Waals surface area contributed by atoms with Gasteiger partial charge >= 0.3 is 5.97 Å². The average Bonchev–Trinajstić information content (AvgIpc) is 3.16. The molecule has 0 aromatic carbocycles. The molecule has 0 amide bonds. The number of morpholine rings is 1. The molecule has 1 N–H and O–H groups in total. The molecule has 1 aliphatic heterocycles. The number of ether oxygens (including phenoxy) is 2. The van der Waals surface area contributed by atoms with Gasteiger partial charge in [0.15, 0.2) is 0 Å². The van der Waals surface area contributed by atoms with Crippen molar-refractivity contribution >= 4 is 5.97 Å². The Bertz CT molecular complexity index is 386. The lowest BCUT2D eigenvalue weighted by molar-refractivity contribution is -0.151. The van der Waals surface area contributed by atoms with E-state index in [1.807, 2.05) is 6.92 Å². The molecular formula is C16H28N2O3. The normalized spacial score (nSPS) is 37.6. The summed E-state index contributed by atoms with van der Waals surface area (Å²) in [6, 6.07) is 1.00. The van der Waals surface area contributed by atoms with E-state index in [0.29, 0.717) is 24.8 Å². The van der Waals surface area contributed by atoms with Crippen molar-refractivity contribution in [2.45, 2.75) is 69.7 Å². The fraction of sp³-hybridized carbons (Fsp3) is 0.938. The maximum Gasteiger partial charge on any atom is 0.326 e. The lowest BCUT2D eigenvalue weighted by Crippen LogP contribution is -2.54. The molecule has 0 bridgehead atoms. The second kappa shape index (κ2) is 6.23. The van der Waals surface area contributed by atoms with E-state index in [2.05, 4.69) is 17.1 Å². The number of carbonyl (C=O) groups is 1. The van der Waals surface area contributed by atoms with Crippen molar-refractivity contribution in [2.75, 3.05) is 26.3 Å². The second-order valence-corrected chi connectivity index (χ2v) is 6.79. The smallest absolute Gasteiger partial charge is 0.326 e. The quantitative estimate of drug-likeness (QED) is 0.775. The highest BCUT2D eigenvalue weighted by Gasteiger charge is 2.50. The summed E-state index contributed by atoms with van der Waals surface area (Å²) >= 11 is 0. The van der Waals surface area contributed by atoms with Crippen LogP contribution >= 0.6 is 0 Å². The van der Waals surface area contributed by atoms with Crippen molar-refractivity contribution in [3.8, 4) is 0 Å². The molecule has 3 unspecified atom stereocenters. The minimum Gasteiger partial charge on any atom is -0.465 e. The minimum absolute atomic E-state index is 0.0410. The molecule has 1 heterocycles. The molecule has 0 aromatic heterocycles. The van der Waals surface area contributed by atoms with E-state index in [0.717, 1.165) is 39.0 Å². The molecule has 120 valence electrons. The topological polar surface area (TPSA) is 50.8 Å². The number of rotatable bonds is 5. The Hall–Kier alpha value is -0.650. The zero-order chi connectivity index (χ0) is 14.9. The van der Waals surface area contributed by atoms with E-state index in [1.54, 1.807) is 0 Å². The van der Waals surface area contributed by atoms with Gasteiger partial charge in [0.25, 0.3) is 0 Å². The Morgan fingerprint density at radius 2 is 2.24 bits per heavy atom. The summed E-state index contributed by atoms with van der Waals surface area (Å²) in [5, 5.41) is 3.60. The monoisotopic (exact) mass is 296 g/mol. The predicted molar refractivity (Wildman–Crippen MR) is 80.1 cm³/mol. The summed E-state index contributed by atoms with van der Waals surface area (Å²) in [5.74, 6) is -0.0410. The Balaban J connectivity index is 1.66. The van der Waals surface area contributed by atoms with Gasteiger partial charge in [-0.1, -0.05) is 0 Å². The van der Waals surface area contributed by atoms with Crippen molar-refractivity contribution < 1.29 is 14.3 Å². The first-order valence-corrected chi connectivity index (χ1v) is 8.43. The van der Waals surface area contributed by atoms with Gasteiger partial charge in [-0.25, -0.2) is 0 Å². The van der Waals surface area contributed by atoms with Gasteiger partial charge in [-0.15, -0.1) is 0 Å². The molecule has 21 heavy (non-hydrogen) atoms. The minimum atomic E-state index is -0.441. The predicted octanol–water partition coefficient (Wildman–Crippen LogP) is 1.31. The molecule has 3 rings (SSSR count). The number of nitrogens with zero attached hydrogens (tertiary/aromatic N) is 1. The molecule has 2 saturated carbocycles. The lowest BCUT2D eigenvalue weighted by atomic mass is 9.96. The molecule has 3 atom stereocenters. The largest absolute Gasteiger partial charge is 0.465 e. The Labute approximate surface area is 127 Å². The number of hydrogen-bond acceptors (Lipinski definition) is 5. The van der Waals surface area contributed by atoms with Crippen LogP contribution in [0.3, 0.4) is 0 Å². The highest BCUT2D eigenvalue weighted by atomic mass is 16.5. The SMILES string of the molecule is CCOC(=O)C1(NC2CC2)CCC(N2CCOC(C)C2)C1. The van der Waals surface area contributed by atoms with Crippen LogP contribution in [-0.4, -0.2) is 60.9 Å². The highest BCUT2D eigenvalue weighted by Crippen LogP contribution is 2.37. The van der Waals surface area contributed by atoms with Crippen molar-refractivity contribution in [1.29, 1.82) is 0 Å². The van der Waals surface area contributed by atoms with Crippen LogP contribution in [0.5, 0.6) is 0 Å². The first kappa shape index (κ1) is 15.3. The third-order valence-electron chi connectivity index (χ3n) is 5.00. The van der Waals surface area contributed by atoms with Crippen LogP contribution in [0.1, 0.15) is 46.0 Å². The van der Waals surface area contributed by atoms with E-state index in [1.165, 1.54) is 12.8 Å². The molecule has 5 heteroatoms. The molecule has 3 fully saturated rings. The second-order valence-electron chi connectivity index (χ2n) is 6.79. The molecule has 0 spiro atoms. The van der Waals surface area contributed by atoms with Gasteiger partial charge < -0.3 is 9.47 Å². The highest BCUT2D eigenvalue weighted by molar-refractivity contribution is 5.81. The van der Waals surface area contributed by atoms with Crippen LogP contribution in [0.15, 0.2) is 0 Å². The summed E-state index contributed by atoms with van der Waals surface area (Å²) in [6.07, 6.45) is 5.55. The summed E-state index contributed by atoms with van der Waals surface area (Å²) in [6.45, 7) is 7.25. The summed E-state index contributed by atoms with van der Waals surface area (Å²) in [7, 11) is 0. The Morgan fingerprint density at radius 3 is 2.90 bits per heavy atom. The first-order valence-electron chi connectivity index (χ1n) is 8.43. The maximum atomic E-state index is 12.5. The van der Waals surface area contributed by atoms with E-state index in [4.69, 9.17) is 9.47 Å². The molecule has 3 aliphatic rings. The van der Waals surface area contributed by atoms with Crippen LogP contribution < -0.4 is 5.32 Å². The van der Waals surface area contributed by atoms with Crippen molar-refractivity contribution in [2.24, 2.45) is 0 Å². The average molecular weight is 296 g/mol. The fourth-order valence-corrected chi connectivity index (χ4v) is 3.77. The Kier molecular flexibility index (Phi) is 4.52.